The normalized spacial score (nSPS) is 21.9. The molecule has 0 amide bonds. The fourth-order valence-electron chi connectivity index (χ4n) is 1.99. The largest absolute Gasteiger partial charge is 0.448 e. The summed E-state index contributed by atoms with van der Waals surface area (Å²) in [6.07, 6.45) is 0.272. The molecule has 0 radical (unpaired) electrons. The van der Waals surface area contributed by atoms with Crippen LogP contribution >= 0.6 is 11.6 Å². The molecule has 0 spiro atoms. The lowest BCUT2D eigenvalue weighted by Gasteiger charge is -2.32. The van der Waals surface area contributed by atoms with Crippen LogP contribution in [0.3, 0.4) is 0 Å². The van der Waals surface area contributed by atoms with Crippen molar-refractivity contribution in [3.8, 4) is 0 Å². The lowest BCUT2D eigenvalue weighted by Crippen LogP contribution is -2.46. The zero-order chi connectivity index (χ0) is 12.1. The summed E-state index contributed by atoms with van der Waals surface area (Å²) in [7, 11) is 0. The van der Waals surface area contributed by atoms with Crippen molar-refractivity contribution < 1.29 is 9.15 Å². The highest BCUT2D eigenvalue weighted by Crippen LogP contribution is 2.12. The molecule has 1 aromatic heterocycles. The molecule has 1 fully saturated rings. The zero-order valence-corrected chi connectivity index (χ0v) is 10.9. The summed E-state index contributed by atoms with van der Waals surface area (Å²) in [5.74, 6) is 0.859. The summed E-state index contributed by atoms with van der Waals surface area (Å²) in [5, 5.41) is 3.76. The molecule has 0 saturated carbocycles. The minimum atomic E-state index is 0.272. The van der Waals surface area contributed by atoms with Gasteiger partial charge in [-0.25, -0.2) is 0 Å². The maximum atomic E-state index is 5.70. The van der Waals surface area contributed by atoms with Crippen LogP contribution in [0.2, 0.25) is 5.22 Å². The molecule has 2 rings (SSSR count). The van der Waals surface area contributed by atoms with E-state index in [-0.39, 0.29) is 6.10 Å². The third-order valence-electron chi connectivity index (χ3n) is 2.97. The highest BCUT2D eigenvalue weighted by molar-refractivity contribution is 6.28. The molecular weight excluding hydrogens is 240 g/mol. The number of ether oxygens (including phenoxy) is 1. The standard InChI is InChI=1S/C12H19ClN2O2/c1-2-15-5-6-16-11(9-15)8-14-7-10-3-4-12(13)17-10/h3-4,11,14H,2,5-9H2,1H3/t11-/m1/s1. The molecule has 0 unspecified atom stereocenters. The van der Waals surface area contributed by atoms with Gasteiger partial charge in [0.1, 0.15) is 5.76 Å². The number of likely N-dealkylation sites (N-methyl/N-ethyl adjacent to an activating group) is 1. The molecule has 1 aliphatic heterocycles. The Morgan fingerprint density at radius 1 is 1.53 bits per heavy atom. The van der Waals surface area contributed by atoms with Crippen molar-refractivity contribution in [3.63, 3.8) is 0 Å². The van der Waals surface area contributed by atoms with Crippen LogP contribution in [0.25, 0.3) is 0 Å². The van der Waals surface area contributed by atoms with E-state index in [9.17, 15) is 0 Å². The van der Waals surface area contributed by atoms with Crippen LogP contribution < -0.4 is 5.32 Å². The molecule has 2 heterocycles. The van der Waals surface area contributed by atoms with Gasteiger partial charge in [-0.15, -0.1) is 0 Å². The fourth-order valence-corrected chi connectivity index (χ4v) is 2.16. The highest BCUT2D eigenvalue weighted by Gasteiger charge is 2.18. The van der Waals surface area contributed by atoms with E-state index in [1.165, 1.54) is 0 Å². The second-order valence-electron chi connectivity index (χ2n) is 4.22. The lowest BCUT2D eigenvalue weighted by atomic mass is 10.2. The Hall–Kier alpha value is -0.550. The van der Waals surface area contributed by atoms with Gasteiger partial charge in [-0.2, -0.15) is 0 Å². The van der Waals surface area contributed by atoms with Gasteiger partial charge in [0, 0.05) is 19.6 Å². The maximum Gasteiger partial charge on any atom is 0.193 e. The Morgan fingerprint density at radius 3 is 3.12 bits per heavy atom. The zero-order valence-electron chi connectivity index (χ0n) is 10.1. The van der Waals surface area contributed by atoms with Gasteiger partial charge in [-0.3, -0.25) is 4.90 Å². The van der Waals surface area contributed by atoms with Gasteiger partial charge < -0.3 is 14.5 Å². The molecule has 17 heavy (non-hydrogen) atoms. The SMILES string of the molecule is CCN1CCO[C@H](CNCc2ccc(Cl)o2)C1. The number of nitrogens with zero attached hydrogens (tertiary/aromatic N) is 1. The van der Waals surface area contributed by atoms with Gasteiger partial charge in [0.15, 0.2) is 5.22 Å². The van der Waals surface area contributed by atoms with E-state index in [0.717, 1.165) is 38.5 Å². The van der Waals surface area contributed by atoms with E-state index in [0.29, 0.717) is 11.8 Å². The van der Waals surface area contributed by atoms with Crippen LogP contribution in [0, 0.1) is 0 Å². The average Bonchev–Trinajstić information content (AvgIpc) is 2.75. The summed E-state index contributed by atoms with van der Waals surface area (Å²) >= 11 is 5.70. The van der Waals surface area contributed by atoms with Crippen molar-refractivity contribution in [2.75, 3.05) is 32.8 Å². The van der Waals surface area contributed by atoms with Crippen molar-refractivity contribution in [2.45, 2.75) is 19.6 Å². The molecule has 0 bridgehead atoms. The fraction of sp³-hybridized carbons (Fsp3) is 0.667. The number of furan rings is 1. The lowest BCUT2D eigenvalue weighted by molar-refractivity contribution is -0.0255. The second-order valence-corrected chi connectivity index (χ2v) is 4.60. The molecule has 1 atom stereocenters. The van der Waals surface area contributed by atoms with Crippen molar-refractivity contribution >= 4 is 11.6 Å². The van der Waals surface area contributed by atoms with Gasteiger partial charge in [0.2, 0.25) is 0 Å². The number of morpholine rings is 1. The summed E-state index contributed by atoms with van der Waals surface area (Å²) < 4.78 is 11.0. The molecule has 1 N–H and O–H groups in total. The first-order valence-electron chi connectivity index (χ1n) is 6.07. The first-order valence-corrected chi connectivity index (χ1v) is 6.44. The molecule has 1 aromatic rings. The van der Waals surface area contributed by atoms with Crippen molar-refractivity contribution in [3.05, 3.63) is 23.1 Å². The monoisotopic (exact) mass is 258 g/mol. The molecule has 5 heteroatoms. The van der Waals surface area contributed by atoms with E-state index in [2.05, 4.69) is 17.1 Å². The molecule has 0 aromatic carbocycles. The van der Waals surface area contributed by atoms with E-state index in [1.54, 1.807) is 6.07 Å². The molecular formula is C12H19ClN2O2. The Bertz CT molecular complexity index is 343. The Balaban J connectivity index is 1.68. The van der Waals surface area contributed by atoms with Gasteiger partial charge >= 0.3 is 0 Å². The summed E-state index contributed by atoms with van der Waals surface area (Å²) in [5.41, 5.74) is 0. The summed E-state index contributed by atoms with van der Waals surface area (Å²) in [6.45, 7) is 7.68. The number of halogens is 1. The van der Waals surface area contributed by atoms with Crippen LogP contribution in [0.1, 0.15) is 12.7 Å². The van der Waals surface area contributed by atoms with Crippen molar-refractivity contribution in [1.29, 1.82) is 0 Å². The van der Waals surface area contributed by atoms with Gasteiger partial charge in [0.05, 0.1) is 19.3 Å². The van der Waals surface area contributed by atoms with E-state index in [1.807, 2.05) is 6.07 Å². The number of hydrogen-bond donors (Lipinski definition) is 1. The quantitative estimate of drug-likeness (QED) is 0.873. The molecule has 4 nitrogen and oxygen atoms in total. The van der Waals surface area contributed by atoms with Crippen molar-refractivity contribution in [2.24, 2.45) is 0 Å². The van der Waals surface area contributed by atoms with Gasteiger partial charge in [-0.05, 0) is 30.3 Å². The van der Waals surface area contributed by atoms with Crippen LogP contribution in [0.15, 0.2) is 16.5 Å². The highest BCUT2D eigenvalue weighted by atomic mass is 35.5. The van der Waals surface area contributed by atoms with Gasteiger partial charge in [0.25, 0.3) is 0 Å². The Labute approximate surface area is 107 Å². The third-order valence-corrected chi connectivity index (χ3v) is 3.17. The van der Waals surface area contributed by atoms with Crippen LogP contribution in [-0.4, -0.2) is 43.8 Å². The number of nitrogens with one attached hydrogen (secondary N) is 1. The molecule has 96 valence electrons. The smallest absolute Gasteiger partial charge is 0.193 e. The third kappa shape index (κ3) is 4.00. The Kier molecular flexibility index (Phi) is 4.86. The summed E-state index contributed by atoms with van der Waals surface area (Å²) in [6, 6.07) is 3.64. The van der Waals surface area contributed by atoms with Crippen molar-refractivity contribution in [1.82, 2.24) is 10.2 Å². The average molecular weight is 259 g/mol. The predicted octanol–water partition coefficient (Wildman–Crippen LogP) is 1.74. The first-order chi connectivity index (χ1) is 8.28. The first kappa shape index (κ1) is 12.9. The molecule has 1 aliphatic rings. The van der Waals surface area contributed by atoms with Crippen LogP contribution in [0.4, 0.5) is 0 Å². The van der Waals surface area contributed by atoms with Crippen LogP contribution in [-0.2, 0) is 11.3 Å². The predicted molar refractivity (Wildman–Crippen MR) is 67.3 cm³/mol. The minimum Gasteiger partial charge on any atom is -0.448 e. The Morgan fingerprint density at radius 2 is 2.41 bits per heavy atom. The molecule has 1 saturated heterocycles. The number of hydrogen-bond acceptors (Lipinski definition) is 4. The van der Waals surface area contributed by atoms with E-state index in [4.69, 9.17) is 20.8 Å². The van der Waals surface area contributed by atoms with Gasteiger partial charge in [-0.1, -0.05) is 6.92 Å². The molecule has 0 aliphatic carbocycles. The maximum absolute atomic E-state index is 5.70. The van der Waals surface area contributed by atoms with Crippen LogP contribution in [0.5, 0.6) is 0 Å². The number of rotatable bonds is 5. The minimum absolute atomic E-state index is 0.272. The second kappa shape index (κ2) is 6.40. The van der Waals surface area contributed by atoms with E-state index < -0.39 is 0 Å². The topological polar surface area (TPSA) is 37.6 Å². The summed E-state index contributed by atoms with van der Waals surface area (Å²) in [4.78, 5) is 2.40. The van der Waals surface area contributed by atoms with E-state index >= 15 is 0 Å².